The molecule has 2 amide bonds. The number of nitrogens with zero attached hydrogens (tertiary/aromatic N) is 1. The second kappa shape index (κ2) is 5.85. The average molecular weight is 352 g/mol. The van der Waals surface area contributed by atoms with Crippen LogP contribution in [0, 0.1) is 5.82 Å². The molecule has 124 valence electrons. The number of allylic oxidation sites excluding steroid dienone is 1. The third-order valence-electron chi connectivity index (χ3n) is 3.91. The van der Waals surface area contributed by atoms with Gasteiger partial charge in [-0.3, -0.25) is 19.3 Å². The zero-order valence-corrected chi connectivity index (χ0v) is 12.9. The minimum Gasteiger partial charge on any atom is -0.504 e. The number of likely N-dealkylation sites (tertiary alicyclic amines) is 1. The van der Waals surface area contributed by atoms with Crippen molar-refractivity contribution in [1.29, 1.82) is 0 Å². The van der Waals surface area contributed by atoms with Gasteiger partial charge in [-0.25, -0.2) is 4.39 Å². The van der Waals surface area contributed by atoms with Gasteiger partial charge in [-0.15, -0.1) is 0 Å². The van der Waals surface area contributed by atoms with Crippen molar-refractivity contribution in [3.8, 4) is 0 Å². The lowest BCUT2D eigenvalue weighted by molar-refractivity contribution is -0.137. The Kier molecular flexibility index (Phi) is 3.98. The Morgan fingerprint density at radius 3 is 2.46 bits per heavy atom. The van der Waals surface area contributed by atoms with E-state index in [1.54, 1.807) is 0 Å². The zero-order chi connectivity index (χ0) is 17.6. The maximum Gasteiger partial charge on any atom is 0.265 e. The summed E-state index contributed by atoms with van der Waals surface area (Å²) in [5, 5.41) is 19.0. The van der Waals surface area contributed by atoms with Crippen LogP contribution in [0.2, 0.25) is 5.02 Å². The summed E-state index contributed by atoms with van der Waals surface area (Å²) >= 11 is 5.68. The number of rotatable bonds is 3. The Morgan fingerprint density at radius 1 is 1.17 bits per heavy atom. The highest BCUT2D eigenvalue weighted by atomic mass is 35.5. The molecule has 2 N–H and O–H groups in total. The Labute approximate surface area is 140 Å². The summed E-state index contributed by atoms with van der Waals surface area (Å²) in [7, 11) is 0. The number of fused-ring (bicyclic) bond motifs is 1. The van der Waals surface area contributed by atoms with E-state index in [0.29, 0.717) is 5.56 Å². The van der Waals surface area contributed by atoms with E-state index in [1.807, 2.05) is 0 Å². The third kappa shape index (κ3) is 2.42. The first-order valence-electron chi connectivity index (χ1n) is 6.95. The van der Waals surface area contributed by atoms with Crippen molar-refractivity contribution in [3.63, 3.8) is 0 Å². The minimum absolute atomic E-state index is 0.0887. The lowest BCUT2D eigenvalue weighted by Gasteiger charge is -2.13. The Bertz CT molecular complexity index is 858. The van der Waals surface area contributed by atoms with Crippen LogP contribution >= 0.6 is 11.6 Å². The fourth-order valence-electron chi connectivity index (χ4n) is 2.73. The Morgan fingerprint density at radius 2 is 1.83 bits per heavy atom. The van der Waals surface area contributed by atoms with Gasteiger partial charge in [0.1, 0.15) is 5.82 Å². The molecule has 1 aliphatic heterocycles. The highest BCUT2D eigenvalue weighted by Gasteiger charge is 2.46. The molecule has 1 saturated heterocycles. The van der Waals surface area contributed by atoms with Gasteiger partial charge in [0.2, 0.25) is 5.78 Å². The molecule has 6 nitrogen and oxygen atoms in total. The largest absolute Gasteiger partial charge is 0.504 e. The molecule has 8 heteroatoms. The highest BCUT2D eigenvalue weighted by molar-refractivity contribution is 6.31. The molecule has 0 radical (unpaired) electrons. The molecule has 1 aromatic carbocycles. The number of Topliss-reactive ketones (excluding diaryl/α,β-unsaturated/α-hetero) is 1. The lowest BCUT2D eigenvalue weighted by Crippen LogP contribution is -2.29. The number of benzene rings is 1. The fraction of sp³-hybridized carbons (Fsp3) is 0.188. The van der Waals surface area contributed by atoms with E-state index in [-0.39, 0.29) is 29.1 Å². The van der Waals surface area contributed by atoms with Gasteiger partial charge in [0.25, 0.3) is 11.8 Å². The normalized spacial score (nSPS) is 18.0. The number of imide groups is 1. The predicted octanol–water partition coefficient (Wildman–Crippen LogP) is 1.42. The molecule has 0 atom stereocenters. The van der Waals surface area contributed by atoms with E-state index in [2.05, 4.69) is 0 Å². The first kappa shape index (κ1) is 16.4. The van der Waals surface area contributed by atoms with E-state index in [9.17, 15) is 29.0 Å². The van der Waals surface area contributed by atoms with Crippen LogP contribution in [-0.4, -0.2) is 39.3 Å². The summed E-state index contributed by atoms with van der Waals surface area (Å²) in [6.07, 6.45) is -0.323. The summed E-state index contributed by atoms with van der Waals surface area (Å²) in [5.74, 6) is -3.71. The van der Waals surface area contributed by atoms with E-state index in [1.165, 1.54) is 12.1 Å². The molecule has 24 heavy (non-hydrogen) atoms. The van der Waals surface area contributed by atoms with Gasteiger partial charge in [0, 0.05) is 6.42 Å². The third-order valence-corrected chi connectivity index (χ3v) is 4.20. The number of amides is 2. The molecule has 1 heterocycles. The number of hydrogen-bond acceptors (Lipinski definition) is 5. The average Bonchev–Trinajstić information content (AvgIpc) is 2.79. The first-order chi connectivity index (χ1) is 11.3. The number of ketones is 1. The van der Waals surface area contributed by atoms with Gasteiger partial charge in [-0.1, -0.05) is 17.7 Å². The van der Waals surface area contributed by atoms with Crippen molar-refractivity contribution >= 4 is 29.2 Å². The number of hydrogen-bond donors (Lipinski definition) is 2. The van der Waals surface area contributed by atoms with E-state index in [0.717, 1.165) is 11.0 Å². The summed E-state index contributed by atoms with van der Waals surface area (Å²) in [4.78, 5) is 37.5. The standard InChI is InChI=1S/C16H11ClFNO5/c17-9-3-7(1-2-10(9)18)5-19-15(23)12-8(6-20)4-11(21)14(22)13(12)16(19)24/h1-3,20,22H,4-6H2. The summed E-state index contributed by atoms with van der Waals surface area (Å²) in [6.45, 7) is -0.780. The number of carbonyl (C=O) groups is 3. The van der Waals surface area contributed by atoms with Crippen LogP contribution in [-0.2, 0) is 20.9 Å². The van der Waals surface area contributed by atoms with Crippen molar-refractivity contribution in [3.05, 3.63) is 57.1 Å². The smallest absolute Gasteiger partial charge is 0.265 e. The lowest BCUT2D eigenvalue weighted by atomic mass is 9.90. The van der Waals surface area contributed by atoms with Gasteiger partial charge in [-0.2, -0.15) is 0 Å². The summed E-state index contributed by atoms with van der Waals surface area (Å²) < 4.78 is 13.2. The minimum atomic E-state index is -0.841. The molecule has 0 unspecified atom stereocenters. The van der Waals surface area contributed by atoms with Gasteiger partial charge >= 0.3 is 0 Å². The molecular formula is C16H11ClFNO5. The highest BCUT2D eigenvalue weighted by Crippen LogP contribution is 2.36. The Balaban J connectivity index is 2.03. The molecule has 1 aromatic rings. The van der Waals surface area contributed by atoms with Crippen LogP contribution in [0.15, 0.2) is 40.7 Å². The van der Waals surface area contributed by atoms with Crippen LogP contribution in [0.25, 0.3) is 0 Å². The monoisotopic (exact) mass is 351 g/mol. The van der Waals surface area contributed by atoms with Gasteiger partial charge in [0.05, 0.1) is 29.3 Å². The topological polar surface area (TPSA) is 94.9 Å². The van der Waals surface area contributed by atoms with Crippen molar-refractivity contribution in [2.75, 3.05) is 6.61 Å². The molecule has 0 spiro atoms. The zero-order valence-electron chi connectivity index (χ0n) is 12.2. The SMILES string of the molecule is O=C1CC(CO)=C2C(=O)N(Cc3ccc(F)c(Cl)c3)C(=O)C2=C1O. The second-order valence-corrected chi connectivity index (χ2v) is 5.81. The van der Waals surface area contributed by atoms with Crippen molar-refractivity contribution in [2.45, 2.75) is 13.0 Å². The molecule has 1 aliphatic carbocycles. The molecule has 1 fully saturated rings. The van der Waals surface area contributed by atoms with E-state index >= 15 is 0 Å². The quantitative estimate of drug-likeness (QED) is 0.803. The number of halogens is 2. The van der Waals surface area contributed by atoms with Crippen LogP contribution in [0.1, 0.15) is 12.0 Å². The van der Waals surface area contributed by atoms with Gasteiger partial charge < -0.3 is 10.2 Å². The maximum atomic E-state index is 13.2. The van der Waals surface area contributed by atoms with Crippen LogP contribution in [0.3, 0.4) is 0 Å². The first-order valence-corrected chi connectivity index (χ1v) is 7.32. The van der Waals surface area contributed by atoms with Gasteiger partial charge in [-0.05, 0) is 23.3 Å². The van der Waals surface area contributed by atoms with Crippen molar-refractivity contribution < 1.29 is 29.0 Å². The molecular weight excluding hydrogens is 341 g/mol. The number of carbonyl (C=O) groups excluding carboxylic acids is 3. The van der Waals surface area contributed by atoms with E-state index in [4.69, 9.17) is 11.6 Å². The van der Waals surface area contributed by atoms with Crippen molar-refractivity contribution in [1.82, 2.24) is 4.90 Å². The van der Waals surface area contributed by atoms with Crippen LogP contribution in [0.5, 0.6) is 0 Å². The molecule has 0 bridgehead atoms. The summed E-state index contributed by atoms with van der Waals surface area (Å²) in [6, 6.07) is 3.75. The van der Waals surface area contributed by atoms with Crippen molar-refractivity contribution in [2.24, 2.45) is 0 Å². The molecule has 0 aromatic heterocycles. The Hall–Kier alpha value is -2.51. The summed E-state index contributed by atoms with van der Waals surface area (Å²) in [5.41, 5.74) is -0.0496. The number of aliphatic hydroxyl groups excluding tert-OH is 2. The predicted molar refractivity (Wildman–Crippen MR) is 80.4 cm³/mol. The van der Waals surface area contributed by atoms with E-state index < -0.39 is 41.4 Å². The molecule has 0 saturated carbocycles. The molecule has 2 aliphatic rings. The fourth-order valence-corrected chi connectivity index (χ4v) is 2.93. The van der Waals surface area contributed by atoms with Crippen LogP contribution in [0.4, 0.5) is 4.39 Å². The number of aliphatic hydroxyl groups is 2. The molecule has 3 rings (SSSR count). The second-order valence-electron chi connectivity index (χ2n) is 5.41. The van der Waals surface area contributed by atoms with Crippen LogP contribution < -0.4 is 0 Å². The van der Waals surface area contributed by atoms with Gasteiger partial charge in [0.15, 0.2) is 5.76 Å². The maximum absolute atomic E-state index is 13.2.